The first-order valence-corrected chi connectivity index (χ1v) is 5.20. The Labute approximate surface area is 94.1 Å². The molecule has 0 amide bonds. The van der Waals surface area contributed by atoms with E-state index in [4.69, 9.17) is 10.2 Å². The summed E-state index contributed by atoms with van der Waals surface area (Å²) >= 11 is 0. The van der Waals surface area contributed by atoms with Gasteiger partial charge >= 0.3 is 5.97 Å². The van der Waals surface area contributed by atoms with Gasteiger partial charge in [0.25, 0.3) is 0 Å². The average molecular weight is 224 g/mol. The zero-order chi connectivity index (χ0) is 12.0. The minimum atomic E-state index is -1.03. The molecule has 1 heterocycles. The molecule has 16 heavy (non-hydrogen) atoms. The van der Waals surface area contributed by atoms with Crippen molar-refractivity contribution in [2.75, 3.05) is 11.9 Å². The van der Waals surface area contributed by atoms with Crippen molar-refractivity contribution in [2.24, 2.45) is 0 Å². The van der Waals surface area contributed by atoms with Gasteiger partial charge in [-0.15, -0.1) is 0 Å². The fourth-order valence-electron chi connectivity index (χ4n) is 1.36. The highest BCUT2D eigenvalue weighted by molar-refractivity contribution is 5.85. The topological polar surface area (TPSA) is 82.5 Å². The molecule has 0 fully saturated rings. The fraction of sp³-hybridized carbons (Fsp3) is 0.455. The first-order chi connectivity index (χ1) is 7.63. The van der Waals surface area contributed by atoms with E-state index >= 15 is 0 Å². The highest BCUT2D eigenvalue weighted by atomic mass is 16.4. The number of aliphatic hydroxyl groups is 1. The normalized spacial score (nSPS) is 12.1. The van der Waals surface area contributed by atoms with Gasteiger partial charge in [-0.1, -0.05) is 0 Å². The Morgan fingerprint density at radius 2 is 2.31 bits per heavy atom. The molecule has 1 aromatic heterocycles. The van der Waals surface area contributed by atoms with Gasteiger partial charge in [0.2, 0.25) is 0 Å². The summed E-state index contributed by atoms with van der Waals surface area (Å²) < 4.78 is 0. The van der Waals surface area contributed by atoms with Crippen LogP contribution >= 0.6 is 0 Å². The van der Waals surface area contributed by atoms with E-state index in [-0.39, 0.29) is 18.3 Å². The number of hydrogen-bond acceptors (Lipinski definition) is 4. The minimum absolute atomic E-state index is 0.0357. The van der Waals surface area contributed by atoms with E-state index in [2.05, 4.69) is 10.3 Å². The van der Waals surface area contributed by atoms with Gasteiger partial charge in [-0.3, -0.25) is 0 Å². The van der Waals surface area contributed by atoms with E-state index in [9.17, 15) is 4.79 Å². The molecule has 0 aliphatic carbocycles. The lowest BCUT2D eigenvalue weighted by Crippen LogP contribution is -2.15. The summed E-state index contributed by atoms with van der Waals surface area (Å²) in [6, 6.07) is 3.37. The summed E-state index contributed by atoms with van der Waals surface area (Å²) in [5.41, 5.74) is 0.823. The summed E-state index contributed by atoms with van der Waals surface area (Å²) in [5.74, 6) is -1.03. The standard InChI is InChI=1S/C11H16N2O3/c1-8(3-2-6-14)13-9-4-5-10(11(15)16)12-7-9/h4-5,7-8,13-14H,2-3,6H2,1H3,(H,15,16). The predicted octanol–water partition coefficient (Wildman–Crippen LogP) is 1.35. The third-order valence-electron chi connectivity index (χ3n) is 2.19. The Bertz CT molecular complexity index is 338. The van der Waals surface area contributed by atoms with Crippen LogP contribution in [0.3, 0.4) is 0 Å². The molecule has 0 radical (unpaired) electrons. The zero-order valence-electron chi connectivity index (χ0n) is 9.18. The van der Waals surface area contributed by atoms with E-state index < -0.39 is 5.97 Å². The van der Waals surface area contributed by atoms with Gasteiger partial charge < -0.3 is 15.5 Å². The molecule has 0 aliphatic rings. The minimum Gasteiger partial charge on any atom is -0.477 e. The number of aliphatic hydroxyl groups excluding tert-OH is 1. The lowest BCUT2D eigenvalue weighted by atomic mass is 10.2. The third-order valence-corrected chi connectivity index (χ3v) is 2.19. The van der Waals surface area contributed by atoms with Crippen molar-refractivity contribution in [3.63, 3.8) is 0 Å². The number of hydrogen-bond donors (Lipinski definition) is 3. The number of nitrogens with zero attached hydrogens (tertiary/aromatic N) is 1. The highest BCUT2D eigenvalue weighted by Crippen LogP contribution is 2.10. The van der Waals surface area contributed by atoms with Crippen LogP contribution in [0.4, 0.5) is 5.69 Å². The molecule has 5 heteroatoms. The molecule has 0 saturated carbocycles. The molecule has 0 saturated heterocycles. The maximum Gasteiger partial charge on any atom is 0.354 e. The second-order valence-corrected chi connectivity index (χ2v) is 3.65. The quantitative estimate of drug-likeness (QED) is 0.679. The number of aromatic carboxylic acids is 1. The van der Waals surface area contributed by atoms with Crippen LogP contribution in [0.1, 0.15) is 30.3 Å². The summed E-state index contributed by atoms with van der Waals surface area (Å²) in [4.78, 5) is 14.4. The first-order valence-electron chi connectivity index (χ1n) is 5.20. The molecule has 0 bridgehead atoms. The van der Waals surface area contributed by atoms with Gasteiger partial charge in [0.15, 0.2) is 0 Å². The Morgan fingerprint density at radius 1 is 1.56 bits per heavy atom. The number of carbonyl (C=O) groups is 1. The van der Waals surface area contributed by atoms with Crippen molar-refractivity contribution >= 4 is 11.7 Å². The number of anilines is 1. The summed E-state index contributed by atoms with van der Waals surface area (Å²) in [5, 5.41) is 20.5. The molecule has 3 N–H and O–H groups in total. The van der Waals surface area contributed by atoms with Gasteiger partial charge in [0.1, 0.15) is 5.69 Å². The van der Waals surface area contributed by atoms with Crippen molar-refractivity contribution in [1.82, 2.24) is 4.98 Å². The molecule has 88 valence electrons. The first kappa shape index (κ1) is 12.4. The van der Waals surface area contributed by atoms with Crippen LogP contribution < -0.4 is 5.32 Å². The molecular weight excluding hydrogens is 208 g/mol. The molecule has 1 atom stereocenters. The number of aromatic nitrogens is 1. The average Bonchev–Trinajstić information content (AvgIpc) is 2.27. The Kier molecular flexibility index (Phi) is 4.72. The monoisotopic (exact) mass is 224 g/mol. The Morgan fingerprint density at radius 3 is 2.81 bits per heavy atom. The van der Waals surface area contributed by atoms with Crippen molar-refractivity contribution in [3.05, 3.63) is 24.0 Å². The number of carboxylic acids is 1. The molecule has 0 aromatic carbocycles. The smallest absolute Gasteiger partial charge is 0.354 e. The lowest BCUT2D eigenvalue weighted by Gasteiger charge is -2.14. The van der Waals surface area contributed by atoms with Crippen LogP contribution in [-0.2, 0) is 0 Å². The van der Waals surface area contributed by atoms with E-state index in [0.717, 1.165) is 18.5 Å². The van der Waals surface area contributed by atoms with Gasteiger partial charge in [0, 0.05) is 12.6 Å². The van der Waals surface area contributed by atoms with Crippen molar-refractivity contribution in [1.29, 1.82) is 0 Å². The van der Waals surface area contributed by atoms with Gasteiger partial charge in [-0.25, -0.2) is 9.78 Å². The van der Waals surface area contributed by atoms with Crippen LogP contribution in [0.25, 0.3) is 0 Å². The SMILES string of the molecule is CC(CCCO)Nc1ccc(C(=O)O)nc1. The summed E-state index contributed by atoms with van der Waals surface area (Å²) in [6.07, 6.45) is 3.10. The molecule has 0 spiro atoms. The van der Waals surface area contributed by atoms with Crippen LogP contribution in [-0.4, -0.2) is 33.8 Å². The Hall–Kier alpha value is -1.62. The van der Waals surface area contributed by atoms with Gasteiger partial charge in [-0.2, -0.15) is 0 Å². The van der Waals surface area contributed by atoms with E-state index in [1.54, 1.807) is 6.07 Å². The number of carboxylic acid groups (broad SMARTS) is 1. The predicted molar refractivity (Wildman–Crippen MR) is 60.6 cm³/mol. The third kappa shape index (κ3) is 3.86. The van der Waals surface area contributed by atoms with Gasteiger partial charge in [0.05, 0.1) is 11.9 Å². The largest absolute Gasteiger partial charge is 0.477 e. The second-order valence-electron chi connectivity index (χ2n) is 3.65. The number of nitrogens with one attached hydrogen (secondary N) is 1. The molecule has 1 rings (SSSR count). The summed E-state index contributed by atoms with van der Waals surface area (Å²) in [6.45, 7) is 2.18. The van der Waals surface area contributed by atoms with Crippen LogP contribution in [0.5, 0.6) is 0 Å². The molecule has 1 aromatic rings. The maximum atomic E-state index is 10.6. The van der Waals surface area contributed by atoms with E-state index in [0.29, 0.717) is 0 Å². The zero-order valence-corrected chi connectivity index (χ0v) is 9.18. The van der Waals surface area contributed by atoms with Gasteiger partial charge in [-0.05, 0) is 31.9 Å². The molecule has 5 nitrogen and oxygen atoms in total. The Balaban J connectivity index is 2.51. The maximum absolute atomic E-state index is 10.6. The van der Waals surface area contributed by atoms with Crippen LogP contribution in [0, 0.1) is 0 Å². The van der Waals surface area contributed by atoms with Crippen molar-refractivity contribution < 1.29 is 15.0 Å². The number of pyridine rings is 1. The van der Waals surface area contributed by atoms with Crippen molar-refractivity contribution in [2.45, 2.75) is 25.8 Å². The van der Waals surface area contributed by atoms with Crippen LogP contribution in [0.2, 0.25) is 0 Å². The van der Waals surface area contributed by atoms with E-state index in [1.807, 2.05) is 6.92 Å². The molecular formula is C11H16N2O3. The van der Waals surface area contributed by atoms with Crippen molar-refractivity contribution in [3.8, 4) is 0 Å². The number of rotatable bonds is 6. The highest BCUT2D eigenvalue weighted by Gasteiger charge is 2.05. The van der Waals surface area contributed by atoms with E-state index in [1.165, 1.54) is 12.3 Å². The lowest BCUT2D eigenvalue weighted by molar-refractivity contribution is 0.0690. The summed E-state index contributed by atoms with van der Waals surface area (Å²) in [7, 11) is 0. The van der Waals surface area contributed by atoms with Crippen LogP contribution in [0.15, 0.2) is 18.3 Å². The molecule has 1 unspecified atom stereocenters. The second kappa shape index (κ2) is 6.07. The fourth-order valence-corrected chi connectivity index (χ4v) is 1.36. The molecule has 0 aliphatic heterocycles.